The third-order valence-electron chi connectivity index (χ3n) is 1.33. The second kappa shape index (κ2) is 2.64. The quantitative estimate of drug-likeness (QED) is 0.644. The fourth-order valence-electron chi connectivity index (χ4n) is 0.717. The van der Waals surface area contributed by atoms with Crippen LogP contribution in [0.15, 0.2) is 29.2 Å². The second-order valence-corrected chi connectivity index (χ2v) is 3.79. The maximum Gasteiger partial charge on any atom is 0.0987 e. The van der Waals surface area contributed by atoms with Gasteiger partial charge in [0.25, 0.3) is 0 Å². The molecule has 0 saturated heterocycles. The van der Waals surface area contributed by atoms with Gasteiger partial charge in [-0.3, -0.25) is 0 Å². The first kappa shape index (κ1) is 8.23. The van der Waals surface area contributed by atoms with Crippen molar-refractivity contribution in [3.63, 3.8) is 0 Å². The number of benzene rings is 1. The molecule has 0 aromatic heterocycles. The van der Waals surface area contributed by atoms with Crippen molar-refractivity contribution in [1.29, 1.82) is 0 Å². The SMILES string of the molecule is Cc1ccc(S([NH-])(=O)=O)cc1. The Labute approximate surface area is 65.9 Å². The Kier molecular flexibility index (Phi) is 1.97. The molecule has 11 heavy (non-hydrogen) atoms. The standard InChI is InChI=1S/C7H8NO2S/c1-6-2-4-7(5-3-6)11(8,9)10/h2-5H,1H3,(H-,8,9,10)/q-1. The van der Waals surface area contributed by atoms with Crippen LogP contribution < -0.4 is 0 Å². The minimum atomic E-state index is -3.77. The van der Waals surface area contributed by atoms with Gasteiger partial charge in [0.15, 0.2) is 0 Å². The van der Waals surface area contributed by atoms with E-state index in [1.807, 2.05) is 6.92 Å². The van der Waals surface area contributed by atoms with E-state index in [1.54, 1.807) is 12.1 Å². The average Bonchev–Trinajstić information content (AvgIpc) is 1.86. The molecule has 60 valence electrons. The number of hydrogen-bond acceptors (Lipinski definition) is 2. The number of nitrogens with one attached hydrogen (secondary N) is 1. The van der Waals surface area contributed by atoms with Crippen LogP contribution in [0.1, 0.15) is 5.56 Å². The smallest absolute Gasteiger partial charge is 0.0987 e. The van der Waals surface area contributed by atoms with E-state index in [0.29, 0.717) is 0 Å². The Morgan fingerprint density at radius 3 is 2.00 bits per heavy atom. The molecule has 0 fully saturated rings. The van der Waals surface area contributed by atoms with Crippen molar-refractivity contribution in [3.05, 3.63) is 35.0 Å². The van der Waals surface area contributed by atoms with Crippen LogP contribution in [-0.4, -0.2) is 8.42 Å². The molecule has 1 aromatic carbocycles. The van der Waals surface area contributed by atoms with Gasteiger partial charge in [0, 0.05) is 4.90 Å². The first-order valence-corrected chi connectivity index (χ1v) is 4.55. The van der Waals surface area contributed by atoms with Crippen molar-refractivity contribution in [2.24, 2.45) is 0 Å². The van der Waals surface area contributed by atoms with Gasteiger partial charge in [-0.15, -0.1) is 0 Å². The summed E-state index contributed by atoms with van der Waals surface area (Å²) in [4.78, 5) is 0.0445. The molecule has 0 unspecified atom stereocenters. The van der Waals surface area contributed by atoms with Crippen molar-refractivity contribution in [2.45, 2.75) is 11.8 Å². The molecule has 0 bridgehead atoms. The number of hydrogen-bond donors (Lipinski definition) is 0. The molecule has 0 amide bonds. The molecule has 1 rings (SSSR count). The largest absolute Gasteiger partial charge is 0.560 e. The minimum Gasteiger partial charge on any atom is -0.560 e. The summed E-state index contributed by atoms with van der Waals surface area (Å²) in [5.41, 5.74) is 0.984. The van der Waals surface area contributed by atoms with Crippen molar-refractivity contribution in [2.75, 3.05) is 0 Å². The van der Waals surface area contributed by atoms with Crippen LogP contribution in [0, 0.1) is 6.92 Å². The molecule has 0 aliphatic carbocycles. The van der Waals surface area contributed by atoms with E-state index in [4.69, 9.17) is 5.14 Å². The predicted octanol–water partition coefficient (Wildman–Crippen LogP) is 1.74. The van der Waals surface area contributed by atoms with Gasteiger partial charge in [-0.25, -0.2) is 8.42 Å². The number of aryl methyl sites for hydroxylation is 1. The Morgan fingerprint density at radius 2 is 1.64 bits per heavy atom. The highest BCUT2D eigenvalue weighted by Gasteiger charge is 1.97. The molecule has 0 spiro atoms. The van der Waals surface area contributed by atoms with Crippen LogP contribution >= 0.6 is 0 Å². The summed E-state index contributed by atoms with van der Waals surface area (Å²) in [6, 6.07) is 6.19. The molecule has 1 aromatic rings. The first-order chi connectivity index (χ1) is 5.00. The monoisotopic (exact) mass is 170 g/mol. The van der Waals surface area contributed by atoms with Gasteiger partial charge in [-0.2, -0.15) is 0 Å². The zero-order valence-electron chi connectivity index (χ0n) is 6.03. The lowest BCUT2D eigenvalue weighted by Crippen LogP contribution is -1.91. The van der Waals surface area contributed by atoms with Gasteiger partial charge in [0.05, 0.1) is 10.0 Å². The molecule has 0 aliphatic heterocycles. The minimum absolute atomic E-state index is 0.0445. The molecule has 3 nitrogen and oxygen atoms in total. The van der Waals surface area contributed by atoms with Gasteiger partial charge in [0.1, 0.15) is 0 Å². The predicted molar refractivity (Wildman–Crippen MR) is 42.7 cm³/mol. The second-order valence-electron chi connectivity index (χ2n) is 2.32. The summed E-state index contributed by atoms with van der Waals surface area (Å²) in [7, 11) is -3.77. The fraction of sp³-hybridized carbons (Fsp3) is 0.143. The summed E-state index contributed by atoms with van der Waals surface area (Å²) in [5, 5.41) is 6.72. The molecular weight excluding hydrogens is 162 g/mol. The molecule has 0 saturated carbocycles. The van der Waals surface area contributed by atoms with E-state index < -0.39 is 10.0 Å². The fourth-order valence-corrected chi connectivity index (χ4v) is 1.21. The van der Waals surface area contributed by atoms with Crippen molar-refractivity contribution in [1.82, 2.24) is 0 Å². The number of rotatable bonds is 1. The third kappa shape index (κ3) is 2.03. The lowest BCUT2D eigenvalue weighted by atomic mass is 10.2. The van der Waals surface area contributed by atoms with E-state index in [-0.39, 0.29) is 4.90 Å². The van der Waals surface area contributed by atoms with Crippen molar-refractivity contribution in [3.8, 4) is 0 Å². The summed E-state index contributed by atoms with van der Waals surface area (Å²) < 4.78 is 21.2. The van der Waals surface area contributed by atoms with Crippen LogP contribution in [0.5, 0.6) is 0 Å². The van der Waals surface area contributed by atoms with Gasteiger partial charge >= 0.3 is 0 Å². The van der Waals surface area contributed by atoms with E-state index in [1.165, 1.54) is 12.1 Å². The van der Waals surface area contributed by atoms with E-state index >= 15 is 0 Å². The third-order valence-corrected chi connectivity index (χ3v) is 2.22. The maximum absolute atomic E-state index is 10.6. The summed E-state index contributed by atoms with van der Waals surface area (Å²) in [6.45, 7) is 1.86. The molecule has 0 radical (unpaired) electrons. The highest BCUT2D eigenvalue weighted by atomic mass is 32.2. The average molecular weight is 170 g/mol. The van der Waals surface area contributed by atoms with Crippen LogP contribution in [-0.2, 0) is 10.0 Å². The van der Waals surface area contributed by atoms with E-state index in [0.717, 1.165) is 5.56 Å². The summed E-state index contributed by atoms with van der Waals surface area (Å²) in [6.07, 6.45) is 0. The molecule has 0 aliphatic rings. The Bertz CT molecular complexity index is 339. The highest BCUT2D eigenvalue weighted by Crippen LogP contribution is 2.10. The van der Waals surface area contributed by atoms with E-state index in [2.05, 4.69) is 0 Å². The van der Waals surface area contributed by atoms with Crippen LogP contribution in [0.4, 0.5) is 0 Å². The summed E-state index contributed by atoms with van der Waals surface area (Å²) >= 11 is 0. The zero-order chi connectivity index (χ0) is 8.48. The molecule has 0 heterocycles. The molecular formula is C7H8NO2S-. The lowest BCUT2D eigenvalue weighted by molar-refractivity contribution is 0.605. The Hall–Kier alpha value is -0.870. The van der Waals surface area contributed by atoms with Crippen molar-refractivity contribution >= 4 is 10.0 Å². The normalized spacial score (nSPS) is 11.5. The van der Waals surface area contributed by atoms with E-state index in [9.17, 15) is 8.42 Å². The van der Waals surface area contributed by atoms with Crippen molar-refractivity contribution < 1.29 is 8.42 Å². The van der Waals surface area contributed by atoms with Crippen LogP contribution in [0.2, 0.25) is 0 Å². The molecule has 1 N–H and O–H groups in total. The van der Waals surface area contributed by atoms with Gasteiger partial charge in [0.2, 0.25) is 0 Å². The maximum atomic E-state index is 10.6. The van der Waals surface area contributed by atoms with Gasteiger partial charge in [-0.1, -0.05) is 17.7 Å². The van der Waals surface area contributed by atoms with Crippen LogP contribution in [0.25, 0.3) is 5.14 Å². The first-order valence-electron chi connectivity index (χ1n) is 3.06. The van der Waals surface area contributed by atoms with Crippen LogP contribution in [0.3, 0.4) is 0 Å². The Balaban J connectivity index is 3.20. The summed E-state index contributed by atoms with van der Waals surface area (Å²) in [5.74, 6) is 0. The highest BCUT2D eigenvalue weighted by molar-refractivity contribution is 7.93. The molecule has 0 atom stereocenters. The zero-order valence-corrected chi connectivity index (χ0v) is 6.85. The van der Waals surface area contributed by atoms with Gasteiger partial charge in [-0.05, 0) is 19.1 Å². The number of sulfonamides is 1. The van der Waals surface area contributed by atoms with Gasteiger partial charge < -0.3 is 5.14 Å². The topological polar surface area (TPSA) is 57.9 Å². The lowest BCUT2D eigenvalue weighted by Gasteiger charge is -2.03. The Morgan fingerprint density at radius 1 is 1.18 bits per heavy atom. The molecule has 4 heteroatoms.